The van der Waals surface area contributed by atoms with E-state index in [0.717, 1.165) is 117 Å². The van der Waals surface area contributed by atoms with E-state index in [9.17, 15) is 0 Å². The van der Waals surface area contributed by atoms with Crippen LogP contribution in [0.25, 0.3) is 122 Å². The smallest absolute Gasteiger partial charge is 0.220 e. The number of aromatic nitrogens is 5. The van der Waals surface area contributed by atoms with Gasteiger partial charge in [-0.15, -0.1) is 0 Å². The topological polar surface area (TPSA) is 74.3 Å². The van der Waals surface area contributed by atoms with Crippen molar-refractivity contribution in [1.82, 2.24) is 23.9 Å². The third kappa shape index (κ3) is 4.99. The maximum atomic E-state index is 6.43. The van der Waals surface area contributed by atoms with Crippen LogP contribution < -0.4 is 0 Å². The molecule has 7 nitrogen and oxygen atoms in total. The minimum atomic E-state index is 0.661. The summed E-state index contributed by atoms with van der Waals surface area (Å²) in [5, 5.41) is 4.13. The van der Waals surface area contributed by atoms with Crippen molar-refractivity contribution < 1.29 is 8.83 Å². The molecule has 0 saturated carbocycles. The van der Waals surface area contributed by atoms with Crippen LogP contribution >= 0.6 is 0 Å². The van der Waals surface area contributed by atoms with E-state index in [0.29, 0.717) is 5.82 Å². The molecule has 5 heterocycles. The molecule has 60 heavy (non-hydrogen) atoms. The number of hydrogen-bond acceptors (Lipinski definition) is 5. The minimum Gasteiger partial charge on any atom is -0.456 e. The van der Waals surface area contributed by atoms with E-state index in [1.165, 1.54) is 0 Å². The average Bonchev–Trinajstić information content (AvgIpc) is 4.07. The van der Waals surface area contributed by atoms with Gasteiger partial charge in [-0.1, -0.05) is 97.1 Å². The van der Waals surface area contributed by atoms with Crippen molar-refractivity contribution in [3.63, 3.8) is 0 Å². The number of benzene rings is 8. The highest BCUT2D eigenvalue weighted by Gasteiger charge is 2.19. The molecule has 0 spiro atoms. The second-order valence-corrected chi connectivity index (χ2v) is 15.3. The highest BCUT2D eigenvalue weighted by atomic mass is 16.3. The molecule has 0 unspecified atom stereocenters. The van der Waals surface area contributed by atoms with E-state index >= 15 is 0 Å². The Hall–Kier alpha value is -8.29. The Balaban J connectivity index is 0.933. The molecule has 0 atom stereocenters. The van der Waals surface area contributed by atoms with Gasteiger partial charge in [-0.3, -0.25) is 8.97 Å². The van der Waals surface area contributed by atoms with Gasteiger partial charge in [0.2, 0.25) is 5.78 Å². The molecule has 0 amide bonds. The Morgan fingerprint density at radius 2 is 0.833 bits per heavy atom. The first kappa shape index (κ1) is 32.8. The number of imidazole rings is 2. The molecule has 7 heteroatoms. The van der Waals surface area contributed by atoms with Crippen molar-refractivity contribution >= 4 is 71.7 Å². The fourth-order valence-corrected chi connectivity index (χ4v) is 8.88. The van der Waals surface area contributed by atoms with Gasteiger partial charge in [0.25, 0.3) is 0 Å². The number of para-hydroxylation sites is 4. The molecule has 280 valence electrons. The SMILES string of the molecule is c1ccc(-c2cc(-c3ccccc3)nc(-c3ccc4oc5ccc(-c6ccc7oc8ccc(-n9c%10ccccc%10n%10c%11ccccc%11nc9%10)cc8c7c6)cc5c4c3)n2)cc1. The average molecular weight is 770 g/mol. The van der Waals surface area contributed by atoms with Gasteiger partial charge >= 0.3 is 0 Å². The molecule has 0 aliphatic rings. The molecular weight excluding hydrogens is 739 g/mol. The molecule has 13 rings (SSSR count). The van der Waals surface area contributed by atoms with Gasteiger partial charge in [-0.05, 0) is 102 Å². The van der Waals surface area contributed by atoms with E-state index in [1.807, 2.05) is 54.6 Å². The molecule has 0 aliphatic carbocycles. The zero-order valence-corrected chi connectivity index (χ0v) is 32.0. The lowest BCUT2D eigenvalue weighted by Crippen LogP contribution is -1.95. The molecule has 0 saturated heterocycles. The van der Waals surface area contributed by atoms with Crippen molar-refractivity contribution in [1.29, 1.82) is 0 Å². The van der Waals surface area contributed by atoms with Crippen molar-refractivity contribution in [2.75, 3.05) is 0 Å². The Morgan fingerprint density at radius 3 is 1.45 bits per heavy atom. The molecule has 0 aliphatic heterocycles. The number of rotatable bonds is 5. The maximum Gasteiger partial charge on any atom is 0.220 e. The van der Waals surface area contributed by atoms with Crippen LogP contribution in [0.4, 0.5) is 0 Å². The summed E-state index contributed by atoms with van der Waals surface area (Å²) in [7, 11) is 0. The Labute approximate surface area is 342 Å². The Kier molecular flexibility index (Phi) is 6.88. The van der Waals surface area contributed by atoms with E-state index in [1.54, 1.807) is 0 Å². The molecule has 8 aromatic carbocycles. The van der Waals surface area contributed by atoms with Crippen LogP contribution in [-0.4, -0.2) is 23.9 Å². The van der Waals surface area contributed by atoms with Crippen LogP contribution in [0, 0.1) is 0 Å². The summed E-state index contributed by atoms with van der Waals surface area (Å²) in [6.07, 6.45) is 0. The predicted molar refractivity (Wildman–Crippen MR) is 241 cm³/mol. The highest BCUT2D eigenvalue weighted by Crippen LogP contribution is 2.39. The summed E-state index contributed by atoms with van der Waals surface area (Å²) >= 11 is 0. The zero-order chi connectivity index (χ0) is 39.3. The van der Waals surface area contributed by atoms with Gasteiger partial charge in [0.15, 0.2) is 5.82 Å². The lowest BCUT2D eigenvalue weighted by atomic mass is 10.00. The minimum absolute atomic E-state index is 0.661. The van der Waals surface area contributed by atoms with Crippen molar-refractivity contribution in [3.05, 3.63) is 188 Å². The van der Waals surface area contributed by atoms with Gasteiger partial charge in [0.1, 0.15) is 22.3 Å². The quantitative estimate of drug-likeness (QED) is 0.174. The van der Waals surface area contributed by atoms with Crippen molar-refractivity contribution in [2.45, 2.75) is 0 Å². The van der Waals surface area contributed by atoms with Crippen LogP contribution in [0.3, 0.4) is 0 Å². The summed E-state index contributed by atoms with van der Waals surface area (Å²) < 4.78 is 17.3. The normalized spacial score (nSPS) is 12.0. The molecule has 0 fully saturated rings. The summed E-state index contributed by atoms with van der Waals surface area (Å²) in [5.41, 5.74) is 15.5. The van der Waals surface area contributed by atoms with E-state index in [4.69, 9.17) is 23.8 Å². The number of nitrogens with zero attached hydrogens (tertiary/aromatic N) is 5. The van der Waals surface area contributed by atoms with E-state index in [-0.39, 0.29) is 0 Å². The first-order valence-electron chi connectivity index (χ1n) is 20.0. The lowest BCUT2D eigenvalue weighted by Gasteiger charge is -2.09. The molecule has 5 aromatic heterocycles. The number of furan rings is 2. The van der Waals surface area contributed by atoms with Crippen molar-refractivity contribution in [3.8, 4) is 50.7 Å². The number of hydrogen-bond donors (Lipinski definition) is 0. The lowest BCUT2D eigenvalue weighted by molar-refractivity contribution is 0.668. The molecule has 0 bridgehead atoms. The van der Waals surface area contributed by atoms with Crippen LogP contribution in [0.2, 0.25) is 0 Å². The second kappa shape index (κ2) is 12.6. The first-order valence-corrected chi connectivity index (χ1v) is 20.0. The maximum absolute atomic E-state index is 6.43. The van der Waals surface area contributed by atoms with Gasteiger partial charge in [-0.25, -0.2) is 15.0 Å². The predicted octanol–water partition coefficient (Wildman–Crippen LogP) is 13.7. The van der Waals surface area contributed by atoms with Crippen LogP contribution in [0.15, 0.2) is 197 Å². The highest BCUT2D eigenvalue weighted by molar-refractivity contribution is 6.10. The Bertz CT molecular complexity index is 3780. The fourth-order valence-electron chi connectivity index (χ4n) is 8.88. The molecule has 13 aromatic rings. The standard InChI is InChI=1S/C53H31N5O2/c1-3-11-32(12-4-1)43-31-44(33-13-5-2-6-14-33)55-52(54-43)36-21-25-50-40(29-36)38-27-34(19-23-48(38)59-50)35-20-24-49-39(28-35)41-30-37(22-26-51(41)60-49)57-46-17-9-10-18-47(46)58-45-16-8-7-15-42(45)56-53(57)58/h1-31H. The van der Waals surface area contributed by atoms with Gasteiger partial charge in [-0.2, -0.15) is 0 Å². The monoisotopic (exact) mass is 769 g/mol. The molecule has 0 N–H and O–H groups in total. The summed E-state index contributed by atoms with van der Waals surface area (Å²) in [5.74, 6) is 1.54. The largest absolute Gasteiger partial charge is 0.456 e. The summed E-state index contributed by atoms with van der Waals surface area (Å²) in [4.78, 5) is 15.3. The third-order valence-electron chi connectivity index (χ3n) is 11.7. The van der Waals surface area contributed by atoms with Gasteiger partial charge < -0.3 is 8.83 Å². The summed E-state index contributed by atoms with van der Waals surface area (Å²) in [6.45, 7) is 0. The first-order chi connectivity index (χ1) is 29.7. The number of fused-ring (bicyclic) bond motifs is 11. The molecular formula is C53H31N5O2. The van der Waals surface area contributed by atoms with Crippen LogP contribution in [-0.2, 0) is 0 Å². The summed E-state index contributed by atoms with van der Waals surface area (Å²) in [6, 6.07) is 64.9. The molecule has 0 radical (unpaired) electrons. The van der Waals surface area contributed by atoms with Crippen molar-refractivity contribution in [2.24, 2.45) is 0 Å². The Morgan fingerprint density at radius 1 is 0.350 bits per heavy atom. The third-order valence-corrected chi connectivity index (χ3v) is 11.7. The van der Waals surface area contributed by atoms with E-state index < -0.39 is 0 Å². The van der Waals surface area contributed by atoms with Gasteiger partial charge in [0, 0.05) is 38.2 Å². The van der Waals surface area contributed by atoms with Crippen LogP contribution in [0.1, 0.15) is 0 Å². The fraction of sp³-hybridized carbons (Fsp3) is 0. The van der Waals surface area contributed by atoms with Gasteiger partial charge in [0.05, 0.1) is 39.1 Å². The second-order valence-electron chi connectivity index (χ2n) is 15.3. The zero-order valence-electron chi connectivity index (χ0n) is 32.0. The van der Waals surface area contributed by atoms with E-state index in [2.05, 4.69) is 142 Å². The van der Waals surface area contributed by atoms with Crippen LogP contribution in [0.5, 0.6) is 0 Å².